The fourth-order valence-corrected chi connectivity index (χ4v) is 2.02. The molecule has 0 atom stereocenters. The summed E-state index contributed by atoms with van der Waals surface area (Å²) in [5.74, 6) is 0.289. The highest BCUT2D eigenvalue weighted by atomic mass is 35.5. The molecule has 0 aliphatic rings. The summed E-state index contributed by atoms with van der Waals surface area (Å²) in [4.78, 5) is 16.1. The van der Waals surface area contributed by atoms with Gasteiger partial charge < -0.3 is 5.32 Å². The van der Waals surface area contributed by atoms with Crippen molar-refractivity contribution in [2.45, 2.75) is 13.3 Å². The minimum absolute atomic E-state index is 0.267. The molecule has 0 unspecified atom stereocenters. The zero-order valence-corrected chi connectivity index (χ0v) is 11.8. The van der Waals surface area contributed by atoms with Crippen molar-refractivity contribution in [2.75, 3.05) is 17.2 Å². The van der Waals surface area contributed by atoms with Crippen molar-refractivity contribution in [3.05, 3.63) is 28.4 Å². The molecule has 2 N–H and O–H groups in total. The van der Waals surface area contributed by atoms with Gasteiger partial charge in [0.2, 0.25) is 5.13 Å². The number of halogens is 1. The Labute approximate surface area is 119 Å². The van der Waals surface area contributed by atoms with E-state index in [4.69, 9.17) is 11.6 Å². The summed E-state index contributed by atoms with van der Waals surface area (Å²) in [6.07, 6.45) is 0.959. The van der Waals surface area contributed by atoms with Crippen LogP contribution in [0, 0.1) is 0 Å². The van der Waals surface area contributed by atoms with E-state index in [1.54, 1.807) is 11.6 Å². The maximum atomic E-state index is 12.0. The zero-order valence-electron chi connectivity index (χ0n) is 10.2. The van der Waals surface area contributed by atoms with Crippen LogP contribution in [0.3, 0.4) is 0 Å². The maximum absolute atomic E-state index is 12.0. The molecular weight excluding hydrogens is 286 g/mol. The summed E-state index contributed by atoms with van der Waals surface area (Å²) < 4.78 is 0. The number of nitrogens with one attached hydrogen (secondary N) is 2. The van der Waals surface area contributed by atoms with Gasteiger partial charge in [-0.25, -0.2) is 4.98 Å². The first-order chi connectivity index (χ1) is 9.19. The molecule has 2 rings (SSSR count). The van der Waals surface area contributed by atoms with Crippen LogP contribution in [-0.2, 0) is 0 Å². The van der Waals surface area contributed by atoms with E-state index in [1.807, 2.05) is 6.92 Å². The van der Waals surface area contributed by atoms with Gasteiger partial charge in [0.05, 0.1) is 0 Å². The van der Waals surface area contributed by atoms with Crippen molar-refractivity contribution in [3.63, 3.8) is 0 Å². The fraction of sp³-hybridized carbons (Fsp3) is 0.273. The average Bonchev–Trinajstić information content (AvgIpc) is 2.88. The maximum Gasteiger partial charge on any atom is 0.257 e. The topological polar surface area (TPSA) is 79.8 Å². The summed E-state index contributed by atoms with van der Waals surface area (Å²) in [6, 6.07) is 3.16. The van der Waals surface area contributed by atoms with Crippen LogP contribution in [0.25, 0.3) is 0 Å². The van der Waals surface area contributed by atoms with E-state index in [1.165, 1.54) is 17.4 Å². The van der Waals surface area contributed by atoms with Crippen molar-refractivity contribution in [1.29, 1.82) is 0 Å². The van der Waals surface area contributed by atoms with Gasteiger partial charge in [-0.2, -0.15) is 0 Å². The molecule has 1 amide bonds. The van der Waals surface area contributed by atoms with Crippen molar-refractivity contribution in [2.24, 2.45) is 0 Å². The Hall–Kier alpha value is -1.73. The Morgan fingerprint density at radius 1 is 1.47 bits per heavy atom. The molecular formula is C11H12ClN5OS. The Morgan fingerprint density at radius 2 is 2.32 bits per heavy atom. The highest BCUT2D eigenvalue weighted by Crippen LogP contribution is 2.17. The van der Waals surface area contributed by atoms with E-state index in [2.05, 4.69) is 25.8 Å². The van der Waals surface area contributed by atoms with Gasteiger partial charge in [0.1, 0.15) is 16.5 Å². The van der Waals surface area contributed by atoms with Crippen LogP contribution in [0.15, 0.2) is 17.6 Å². The van der Waals surface area contributed by atoms with Crippen LogP contribution in [0.2, 0.25) is 5.15 Å². The van der Waals surface area contributed by atoms with Crippen LogP contribution < -0.4 is 10.6 Å². The highest BCUT2D eigenvalue weighted by Gasteiger charge is 2.11. The van der Waals surface area contributed by atoms with Gasteiger partial charge in [-0.15, -0.1) is 10.2 Å². The third kappa shape index (κ3) is 3.87. The number of pyridine rings is 1. The second-order valence-electron chi connectivity index (χ2n) is 3.69. The smallest absolute Gasteiger partial charge is 0.257 e. The lowest BCUT2D eigenvalue weighted by molar-refractivity contribution is 0.102. The molecule has 0 radical (unpaired) electrons. The predicted octanol–water partition coefficient (Wildman–Crippen LogP) is 2.66. The first-order valence-electron chi connectivity index (χ1n) is 5.68. The number of amides is 1. The number of nitrogens with zero attached hydrogens (tertiary/aromatic N) is 3. The first-order valence-corrected chi connectivity index (χ1v) is 6.93. The summed E-state index contributed by atoms with van der Waals surface area (Å²) in [5.41, 5.74) is 1.97. The lowest BCUT2D eigenvalue weighted by Crippen LogP contribution is -2.13. The molecule has 2 aromatic heterocycles. The molecule has 2 aromatic rings. The average molecular weight is 298 g/mol. The van der Waals surface area contributed by atoms with E-state index in [0.29, 0.717) is 16.5 Å². The minimum atomic E-state index is -0.291. The Bertz CT molecular complexity index is 560. The minimum Gasteiger partial charge on any atom is -0.370 e. The molecule has 0 saturated carbocycles. The van der Waals surface area contributed by atoms with Crippen LogP contribution in [0.5, 0.6) is 0 Å². The standard InChI is InChI=1S/C11H12ClN5OS/c1-2-3-13-9-5-7(4-8(12)15-9)10(18)16-11-17-14-6-19-11/h4-6H,2-3H2,1H3,(H,13,15)(H,16,17,18). The molecule has 6 nitrogen and oxygen atoms in total. The van der Waals surface area contributed by atoms with Gasteiger partial charge >= 0.3 is 0 Å². The van der Waals surface area contributed by atoms with Gasteiger partial charge in [-0.3, -0.25) is 10.1 Å². The van der Waals surface area contributed by atoms with Gasteiger partial charge in [0, 0.05) is 12.1 Å². The number of hydrogen-bond donors (Lipinski definition) is 2. The van der Waals surface area contributed by atoms with Gasteiger partial charge in [-0.05, 0) is 18.6 Å². The first kappa shape index (κ1) is 13.7. The quantitative estimate of drug-likeness (QED) is 0.829. The third-order valence-electron chi connectivity index (χ3n) is 2.19. The summed E-state index contributed by atoms with van der Waals surface area (Å²) in [7, 11) is 0. The number of carbonyl (C=O) groups excluding carboxylic acids is 1. The molecule has 100 valence electrons. The molecule has 0 aromatic carbocycles. The molecule has 0 bridgehead atoms. The molecule has 2 heterocycles. The van der Waals surface area contributed by atoms with Gasteiger partial charge in [0.25, 0.3) is 5.91 Å². The van der Waals surface area contributed by atoms with Crippen molar-refractivity contribution in [1.82, 2.24) is 15.2 Å². The Morgan fingerprint density at radius 3 is 3.00 bits per heavy atom. The second kappa shape index (κ2) is 6.44. The molecule has 0 aliphatic carbocycles. The van der Waals surface area contributed by atoms with Gasteiger partial charge in [-0.1, -0.05) is 29.9 Å². The fourth-order valence-electron chi connectivity index (χ4n) is 1.37. The third-order valence-corrected chi connectivity index (χ3v) is 2.99. The van der Waals surface area contributed by atoms with Crippen molar-refractivity contribution in [3.8, 4) is 0 Å². The van der Waals surface area contributed by atoms with E-state index in [9.17, 15) is 4.79 Å². The lowest BCUT2D eigenvalue weighted by Gasteiger charge is -2.07. The largest absolute Gasteiger partial charge is 0.370 e. The number of anilines is 2. The summed E-state index contributed by atoms with van der Waals surface area (Å²) >= 11 is 7.15. The van der Waals surface area contributed by atoms with E-state index in [0.717, 1.165) is 13.0 Å². The normalized spacial score (nSPS) is 10.2. The molecule has 0 saturated heterocycles. The van der Waals surface area contributed by atoms with E-state index >= 15 is 0 Å². The monoisotopic (exact) mass is 297 g/mol. The van der Waals surface area contributed by atoms with Crippen LogP contribution >= 0.6 is 22.9 Å². The van der Waals surface area contributed by atoms with Crippen LogP contribution in [-0.4, -0.2) is 27.6 Å². The lowest BCUT2D eigenvalue weighted by atomic mass is 10.2. The van der Waals surface area contributed by atoms with Crippen LogP contribution in [0.4, 0.5) is 10.9 Å². The van der Waals surface area contributed by atoms with Crippen molar-refractivity contribution < 1.29 is 4.79 Å². The molecule has 0 spiro atoms. The highest BCUT2D eigenvalue weighted by molar-refractivity contribution is 7.13. The molecule has 0 fully saturated rings. The molecule has 19 heavy (non-hydrogen) atoms. The molecule has 8 heteroatoms. The number of hydrogen-bond acceptors (Lipinski definition) is 6. The van der Waals surface area contributed by atoms with Crippen LogP contribution in [0.1, 0.15) is 23.7 Å². The summed E-state index contributed by atoms with van der Waals surface area (Å²) in [5, 5.41) is 13.8. The van der Waals surface area contributed by atoms with Gasteiger partial charge in [0.15, 0.2) is 0 Å². The van der Waals surface area contributed by atoms with E-state index in [-0.39, 0.29) is 11.1 Å². The van der Waals surface area contributed by atoms with Crippen molar-refractivity contribution >= 4 is 39.8 Å². The Balaban J connectivity index is 2.14. The number of carbonyl (C=O) groups is 1. The SMILES string of the molecule is CCCNc1cc(C(=O)Nc2nncs2)cc(Cl)n1. The number of aromatic nitrogens is 3. The predicted molar refractivity (Wildman–Crippen MR) is 75.9 cm³/mol. The zero-order chi connectivity index (χ0) is 13.7. The van der Waals surface area contributed by atoms with E-state index < -0.39 is 0 Å². The Kier molecular flexibility index (Phi) is 4.64. The molecule has 0 aliphatic heterocycles. The number of rotatable bonds is 5. The summed E-state index contributed by atoms with van der Waals surface area (Å²) in [6.45, 7) is 2.81. The second-order valence-corrected chi connectivity index (χ2v) is 4.91.